The summed E-state index contributed by atoms with van der Waals surface area (Å²) in [7, 11) is 0. The lowest BCUT2D eigenvalue weighted by Gasteiger charge is -2.06. The minimum atomic E-state index is 0.249. The first-order valence-electron chi connectivity index (χ1n) is 7.15. The van der Waals surface area contributed by atoms with E-state index in [9.17, 15) is 0 Å². The van der Waals surface area contributed by atoms with Crippen molar-refractivity contribution >= 4 is 10.9 Å². The van der Waals surface area contributed by atoms with Crippen molar-refractivity contribution in [3.8, 4) is 17.2 Å². The van der Waals surface area contributed by atoms with Crippen LogP contribution in [0.3, 0.4) is 0 Å². The summed E-state index contributed by atoms with van der Waals surface area (Å²) in [5, 5.41) is 8.11. The molecule has 6 nitrogen and oxygen atoms in total. The van der Waals surface area contributed by atoms with E-state index in [2.05, 4.69) is 20.2 Å². The number of aromatic nitrogens is 5. The Labute approximate surface area is 126 Å². The predicted molar refractivity (Wildman–Crippen MR) is 82.8 cm³/mol. The molecule has 0 saturated heterocycles. The van der Waals surface area contributed by atoms with Gasteiger partial charge in [-0.15, -0.1) is 0 Å². The Balaban J connectivity index is 1.81. The van der Waals surface area contributed by atoms with E-state index in [0.717, 1.165) is 28.1 Å². The highest BCUT2D eigenvalue weighted by atomic mass is 16.3. The molecule has 6 heteroatoms. The number of imidazole rings is 1. The molecule has 0 atom stereocenters. The maximum absolute atomic E-state index is 5.52. The van der Waals surface area contributed by atoms with Crippen molar-refractivity contribution in [2.24, 2.45) is 0 Å². The van der Waals surface area contributed by atoms with Crippen LogP contribution in [0.2, 0.25) is 0 Å². The first-order valence-corrected chi connectivity index (χ1v) is 7.15. The third kappa shape index (κ3) is 2.00. The molecule has 0 fully saturated rings. The van der Waals surface area contributed by atoms with E-state index in [4.69, 9.17) is 4.42 Å². The highest BCUT2D eigenvalue weighted by Crippen LogP contribution is 2.24. The van der Waals surface area contributed by atoms with Crippen LogP contribution < -0.4 is 0 Å². The molecular formula is C16H15N5O. The second-order valence-electron chi connectivity index (χ2n) is 5.49. The Kier molecular flexibility index (Phi) is 2.82. The molecule has 4 aromatic rings. The standard InChI is InChI=1S/C16H15N5O/c1-10(2)16-19-14(9-22-16)15-17-5-6-21(15)12-4-3-11-8-18-20-13(11)7-12/h3-10H,1-2H3,(H,18,20). The smallest absolute Gasteiger partial charge is 0.197 e. The van der Waals surface area contributed by atoms with Crippen LogP contribution in [0.5, 0.6) is 0 Å². The van der Waals surface area contributed by atoms with Crippen molar-refractivity contribution in [2.45, 2.75) is 19.8 Å². The molecular weight excluding hydrogens is 278 g/mol. The van der Waals surface area contributed by atoms with E-state index in [1.807, 2.05) is 42.8 Å². The van der Waals surface area contributed by atoms with Crippen molar-refractivity contribution in [3.63, 3.8) is 0 Å². The number of H-pyrrole nitrogens is 1. The average molecular weight is 293 g/mol. The molecule has 0 spiro atoms. The predicted octanol–water partition coefficient (Wildman–Crippen LogP) is 3.53. The lowest BCUT2D eigenvalue weighted by molar-refractivity contribution is 0.471. The topological polar surface area (TPSA) is 72.5 Å². The van der Waals surface area contributed by atoms with Gasteiger partial charge in [0, 0.05) is 29.4 Å². The molecule has 0 unspecified atom stereocenters. The van der Waals surface area contributed by atoms with Gasteiger partial charge in [0.25, 0.3) is 0 Å². The van der Waals surface area contributed by atoms with Crippen LogP contribution in [-0.2, 0) is 0 Å². The largest absolute Gasteiger partial charge is 0.448 e. The van der Waals surface area contributed by atoms with Crippen molar-refractivity contribution in [2.75, 3.05) is 0 Å². The van der Waals surface area contributed by atoms with Crippen LogP contribution in [0.1, 0.15) is 25.7 Å². The summed E-state index contributed by atoms with van der Waals surface area (Å²) < 4.78 is 7.51. The summed E-state index contributed by atoms with van der Waals surface area (Å²) >= 11 is 0. The molecule has 1 aromatic carbocycles. The molecule has 0 aliphatic carbocycles. The lowest BCUT2D eigenvalue weighted by Crippen LogP contribution is -1.97. The molecule has 1 N–H and O–H groups in total. The van der Waals surface area contributed by atoms with E-state index in [-0.39, 0.29) is 5.92 Å². The van der Waals surface area contributed by atoms with E-state index in [1.54, 1.807) is 18.7 Å². The van der Waals surface area contributed by atoms with Crippen LogP contribution in [-0.4, -0.2) is 24.7 Å². The molecule has 22 heavy (non-hydrogen) atoms. The lowest BCUT2D eigenvalue weighted by atomic mass is 10.2. The van der Waals surface area contributed by atoms with Gasteiger partial charge in [-0.2, -0.15) is 5.10 Å². The summed E-state index contributed by atoms with van der Waals surface area (Å²) in [5.41, 5.74) is 2.72. The van der Waals surface area contributed by atoms with Crippen LogP contribution >= 0.6 is 0 Å². The van der Waals surface area contributed by atoms with E-state index < -0.39 is 0 Å². The molecule has 0 saturated carbocycles. The van der Waals surface area contributed by atoms with Gasteiger partial charge in [-0.1, -0.05) is 13.8 Å². The number of fused-ring (bicyclic) bond motifs is 1. The summed E-state index contributed by atoms with van der Waals surface area (Å²) in [6.07, 6.45) is 7.14. The van der Waals surface area contributed by atoms with E-state index in [1.165, 1.54) is 0 Å². The van der Waals surface area contributed by atoms with Crippen molar-refractivity contribution in [1.29, 1.82) is 0 Å². The summed E-state index contributed by atoms with van der Waals surface area (Å²) in [5.74, 6) is 1.72. The zero-order valence-corrected chi connectivity index (χ0v) is 12.3. The third-order valence-electron chi connectivity index (χ3n) is 3.59. The molecule has 0 amide bonds. The summed E-state index contributed by atoms with van der Waals surface area (Å²) in [6.45, 7) is 4.10. The zero-order chi connectivity index (χ0) is 15.1. The molecule has 110 valence electrons. The molecule has 0 aliphatic rings. The highest BCUT2D eigenvalue weighted by Gasteiger charge is 2.14. The Hall–Kier alpha value is -2.89. The van der Waals surface area contributed by atoms with E-state index >= 15 is 0 Å². The number of aromatic amines is 1. The number of benzene rings is 1. The summed E-state index contributed by atoms with van der Waals surface area (Å²) in [4.78, 5) is 8.94. The van der Waals surface area contributed by atoms with Gasteiger partial charge < -0.3 is 4.42 Å². The molecule has 0 radical (unpaired) electrons. The first-order chi connectivity index (χ1) is 10.7. The van der Waals surface area contributed by atoms with Crippen LogP contribution in [0.25, 0.3) is 28.1 Å². The minimum absolute atomic E-state index is 0.249. The monoisotopic (exact) mass is 293 g/mol. The van der Waals surface area contributed by atoms with Gasteiger partial charge in [0.05, 0.1) is 11.7 Å². The van der Waals surface area contributed by atoms with Crippen molar-refractivity contribution in [1.82, 2.24) is 24.7 Å². The van der Waals surface area contributed by atoms with Gasteiger partial charge in [-0.25, -0.2) is 9.97 Å². The second-order valence-corrected chi connectivity index (χ2v) is 5.49. The van der Waals surface area contributed by atoms with Gasteiger partial charge in [0.2, 0.25) is 0 Å². The number of rotatable bonds is 3. The second kappa shape index (κ2) is 4.84. The Morgan fingerprint density at radius 2 is 2.18 bits per heavy atom. The fraction of sp³-hybridized carbons (Fsp3) is 0.188. The normalized spacial score (nSPS) is 11.6. The Bertz CT molecular complexity index is 931. The minimum Gasteiger partial charge on any atom is -0.448 e. The maximum atomic E-state index is 5.52. The van der Waals surface area contributed by atoms with Crippen molar-refractivity contribution in [3.05, 3.63) is 48.9 Å². The number of nitrogens with zero attached hydrogens (tertiary/aromatic N) is 4. The van der Waals surface area contributed by atoms with Gasteiger partial charge in [0.15, 0.2) is 11.7 Å². The number of hydrogen-bond acceptors (Lipinski definition) is 4. The van der Waals surface area contributed by atoms with Crippen LogP contribution in [0.4, 0.5) is 0 Å². The number of hydrogen-bond donors (Lipinski definition) is 1. The van der Waals surface area contributed by atoms with Crippen molar-refractivity contribution < 1.29 is 4.42 Å². The molecule has 0 bridgehead atoms. The summed E-state index contributed by atoms with van der Waals surface area (Å²) in [6, 6.07) is 6.10. The first kappa shape index (κ1) is 12.8. The quantitative estimate of drug-likeness (QED) is 0.627. The maximum Gasteiger partial charge on any atom is 0.197 e. The molecule has 0 aliphatic heterocycles. The Morgan fingerprint density at radius 3 is 3.00 bits per heavy atom. The van der Waals surface area contributed by atoms with Gasteiger partial charge in [0.1, 0.15) is 12.0 Å². The SMILES string of the molecule is CC(C)c1nc(-c2nccn2-c2ccc3cn[nH]c3c2)co1. The Morgan fingerprint density at radius 1 is 1.27 bits per heavy atom. The van der Waals surface area contributed by atoms with Gasteiger partial charge in [-0.3, -0.25) is 9.67 Å². The number of oxazole rings is 1. The van der Waals surface area contributed by atoms with Gasteiger partial charge >= 0.3 is 0 Å². The fourth-order valence-corrected chi connectivity index (χ4v) is 2.43. The third-order valence-corrected chi connectivity index (χ3v) is 3.59. The average Bonchev–Trinajstić information content (AvgIpc) is 3.25. The van der Waals surface area contributed by atoms with Gasteiger partial charge in [-0.05, 0) is 18.2 Å². The highest BCUT2D eigenvalue weighted by molar-refractivity contribution is 5.80. The fourth-order valence-electron chi connectivity index (χ4n) is 2.43. The molecule has 3 aromatic heterocycles. The van der Waals surface area contributed by atoms with E-state index in [0.29, 0.717) is 5.89 Å². The van der Waals surface area contributed by atoms with Crippen LogP contribution in [0, 0.1) is 0 Å². The molecule has 4 rings (SSSR count). The molecule has 3 heterocycles. The van der Waals surface area contributed by atoms with Crippen LogP contribution in [0.15, 0.2) is 47.5 Å². The number of nitrogens with one attached hydrogen (secondary N) is 1. The zero-order valence-electron chi connectivity index (χ0n) is 12.3.